The highest BCUT2D eigenvalue weighted by Gasteiger charge is 2.23. The number of oxazole rings is 2. The van der Waals surface area contributed by atoms with Gasteiger partial charge in [-0.1, -0.05) is 72.8 Å². The van der Waals surface area contributed by atoms with E-state index < -0.39 is 5.97 Å². The Kier molecular flexibility index (Phi) is 5.09. The molecule has 0 bridgehead atoms. The van der Waals surface area contributed by atoms with E-state index in [0.29, 0.717) is 34.4 Å². The number of ether oxygens (including phenoxy) is 1. The largest absolute Gasteiger partial charge is 0.443 e. The molecule has 0 aliphatic rings. The molecule has 0 radical (unpaired) electrons. The lowest BCUT2D eigenvalue weighted by Gasteiger charge is -2.03. The lowest BCUT2D eigenvalue weighted by atomic mass is 10.1. The summed E-state index contributed by atoms with van der Waals surface area (Å²) in [5.74, 6) is 1.48. The Balaban J connectivity index is 1.63. The second-order valence-electron chi connectivity index (χ2n) is 7.08. The molecule has 3 aromatic carbocycles. The maximum Gasteiger partial charge on any atom is 0.308 e. The zero-order chi connectivity index (χ0) is 21.9. The molecule has 0 atom stereocenters. The minimum absolute atomic E-state index is 0.337. The van der Waals surface area contributed by atoms with Crippen molar-refractivity contribution in [2.45, 2.75) is 6.92 Å². The molecule has 0 amide bonds. The molecule has 0 unspecified atom stereocenters. The summed E-state index contributed by atoms with van der Waals surface area (Å²) in [7, 11) is 0. The fourth-order valence-electron chi connectivity index (χ4n) is 3.47. The van der Waals surface area contributed by atoms with Crippen LogP contribution < -0.4 is 4.74 Å². The van der Waals surface area contributed by atoms with Crippen LogP contribution in [0.3, 0.4) is 0 Å². The van der Waals surface area contributed by atoms with Crippen molar-refractivity contribution >= 4 is 5.97 Å². The molecular weight excluding hydrogens is 404 g/mol. The van der Waals surface area contributed by atoms with Crippen molar-refractivity contribution in [3.8, 4) is 51.2 Å². The van der Waals surface area contributed by atoms with Crippen LogP contribution in [0.1, 0.15) is 6.92 Å². The summed E-state index contributed by atoms with van der Waals surface area (Å²) in [4.78, 5) is 20.5. The van der Waals surface area contributed by atoms with Gasteiger partial charge >= 0.3 is 5.97 Å². The van der Waals surface area contributed by atoms with Gasteiger partial charge in [0.1, 0.15) is 11.4 Å². The molecule has 0 aliphatic heterocycles. The van der Waals surface area contributed by atoms with Crippen molar-refractivity contribution in [3.63, 3.8) is 0 Å². The van der Waals surface area contributed by atoms with Crippen LogP contribution in [-0.2, 0) is 4.79 Å². The van der Waals surface area contributed by atoms with Gasteiger partial charge in [0.05, 0.1) is 0 Å². The summed E-state index contributed by atoms with van der Waals surface area (Å²) in [6, 6.07) is 26.7. The molecule has 0 fully saturated rings. The van der Waals surface area contributed by atoms with Gasteiger partial charge in [-0.05, 0) is 12.1 Å². The number of carbonyl (C=O) groups is 1. The van der Waals surface area contributed by atoms with Crippen molar-refractivity contribution in [1.82, 2.24) is 9.97 Å². The second-order valence-corrected chi connectivity index (χ2v) is 7.08. The smallest absolute Gasteiger partial charge is 0.308 e. The summed E-state index contributed by atoms with van der Waals surface area (Å²) in [5, 5.41) is 0. The molecule has 5 aromatic rings. The first-order chi connectivity index (χ1) is 15.7. The van der Waals surface area contributed by atoms with Gasteiger partial charge in [-0.25, -0.2) is 9.97 Å². The lowest BCUT2D eigenvalue weighted by molar-refractivity contribution is -0.131. The summed E-state index contributed by atoms with van der Waals surface area (Å²) in [5.41, 5.74) is 3.71. The number of benzene rings is 3. The standard InChI is InChI=1S/C26H18N2O4/c1-17(29)31-21-14-8-13-20(15-21)24-23(27-16-30-24)26-28-22(18-9-4-2-5-10-18)25(32-26)19-11-6-3-7-12-19/h2-16H,1H3. The van der Waals surface area contributed by atoms with E-state index in [1.807, 2.05) is 66.7 Å². The topological polar surface area (TPSA) is 78.4 Å². The minimum atomic E-state index is -0.396. The van der Waals surface area contributed by atoms with Crippen LogP contribution in [0, 0.1) is 0 Å². The molecule has 0 saturated carbocycles. The molecule has 32 heavy (non-hydrogen) atoms. The van der Waals surface area contributed by atoms with Crippen molar-refractivity contribution in [2.75, 3.05) is 0 Å². The van der Waals surface area contributed by atoms with Crippen LogP contribution in [0.15, 0.2) is 100 Å². The van der Waals surface area contributed by atoms with E-state index in [-0.39, 0.29) is 0 Å². The maximum absolute atomic E-state index is 11.3. The van der Waals surface area contributed by atoms with Gasteiger partial charge in [0.25, 0.3) is 0 Å². The number of hydrogen-bond acceptors (Lipinski definition) is 6. The maximum atomic E-state index is 11.3. The monoisotopic (exact) mass is 422 g/mol. The first-order valence-corrected chi connectivity index (χ1v) is 10.0. The first kappa shape index (κ1) is 19.5. The van der Waals surface area contributed by atoms with Crippen molar-refractivity contribution in [3.05, 3.63) is 91.3 Å². The van der Waals surface area contributed by atoms with E-state index in [1.165, 1.54) is 13.3 Å². The Morgan fingerprint density at radius 2 is 1.47 bits per heavy atom. The van der Waals surface area contributed by atoms with Crippen LogP contribution >= 0.6 is 0 Å². The van der Waals surface area contributed by atoms with Crippen LogP contribution in [0.25, 0.3) is 45.5 Å². The molecule has 156 valence electrons. The predicted octanol–water partition coefficient (Wildman–Crippen LogP) is 6.26. The van der Waals surface area contributed by atoms with Gasteiger partial charge in [-0.2, -0.15) is 0 Å². The summed E-state index contributed by atoms with van der Waals surface area (Å²) in [6.07, 6.45) is 1.34. The van der Waals surface area contributed by atoms with Gasteiger partial charge in [-0.3, -0.25) is 4.79 Å². The Hall–Kier alpha value is -4.45. The third-order valence-corrected chi connectivity index (χ3v) is 4.84. The molecule has 6 heteroatoms. The SMILES string of the molecule is CC(=O)Oc1cccc(-c2ocnc2-c2nc(-c3ccccc3)c(-c3ccccc3)o2)c1. The Labute approximate surface area is 184 Å². The number of esters is 1. The van der Waals surface area contributed by atoms with Crippen LogP contribution in [-0.4, -0.2) is 15.9 Å². The van der Waals surface area contributed by atoms with Crippen molar-refractivity contribution < 1.29 is 18.4 Å². The third kappa shape index (κ3) is 3.81. The third-order valence-electron chi connectivity index (χ3n) is 4.84. The average Bonchev–Trinajstić information content (AvgIpc) is 3.47. The summed E-state index contributed by atoms with van der Waals surface area (Å²) in [6.45, 7) is 1.36. The van der Waals surface area contributed by atoms with Crippen LogP contribution in [0.4, 0.5) is 0 Å². The molecule has 0 aliphatic carbocycles. The van der Waals surface area contributed by atoms with Gasteiger partial charge in [0.2, 0.25) is 5.89 Å². The highest BCUT2D eigenvalue weighted by molar-refractivity contribution is 5.81. The minimum Gasteiger partial charge on any atom is -0.443 e. The van der Waals surface area contributed by atoms with Gasteiger partial charge in [0.15, 0.2) is 23.6 Å². The van der Waals surface area contributed by atoms with Crippen molar-refractivity contribution in [1.29, 1.82) is 0 Å². The molecule has 6 nitrogen and oxygen atoms in total. The summed E-state index contributed by atoms with van der Waals surface area (Å²) < 4.78 is 17.1. The zero-order valence-corrected chi connectivity index (χ0v) is 17.2. The van der Waals surface area contributed by atoms with Gasteiger partial charge < -0.3 is 13.6 Å². The first-order valence-electron chi connectivity index (χ1n) is 10.0. The Bertz CT molecular complexity index is 1310. The highest BCUT2D eigenvalue weighted by Crippen LogP contribution is 2.38. The quantitative estimate of drug-likeness (QED) is 0.246. The van der Waals surface area contributed by atoms with Gasteiger partial charge in [0, 0.05) is 23.6 Å². The fourth-order valence-corrected chi connectivity index (χ4v) is 3.47. The van der Waals surface area contributed by atoms with Crippen LogP contribution in [0.2, 0.25) is 0 Å². The lowest BCUT2D eigenvalue weighted by Crippen LogP contribution is -2.01. The summed E-state index contributed by atoms with van der Waals surface area (Å²) >= 11 is 0. The normalized spacial score (nSPS) is 10.8. The van der Waals surface area contributed by atoms with Crippen molar-refractivity contribution in [2.24, 2.45) is 0 Å². The highest BCUT2D eigenvalue weighted by atomic mass is 16.5. The molecular formula is C26H18N2O4. The van der Waals surface area contributed by atoms with E-state index in [9.17, 15) is 4.79 Å². The predicted molar refractivity (Wildman–Crippen MR) is 120 cm³/mol. The molecule has 0 saturated heterocycles. The van der Waals surface area contributed by atoms with E-state index in [2.05, 4.69) is 4.98 Å². The van der Waals surface area contributed by atoms with E-state index in [4.69, 9.17) is 18.6 Å². The fraction of sp³-hybridized carbons (Fsp3) is 0.0385. The molecule has 5 rings (SSSR count). The number of carbonyl (C=O) groups excluding carboxylic acids is 1. The van der Waals surface area contributed by atoms with E-state index >= 15 is 0 Å². The zero-order valence-electron chi connectivity index (χ0n) is 17.2. The average molecular weight is 422 g/mol. The number of rotatable bonds is 5. The number of nitrogens with zero attached hydrogens (tertiary/aromatic N) is 2. The Morgan fingerprint density at radius 3 is 2.19 bits per heavy atom. The second kappa shape index (κ2) is 8.35. The molecule has 2 aromatic heterocycles. The molecule has 0 N–H and O–H groups in total. The molecule has 0 spiro atoms. The number of hydrogen-bond donors (Lipinski definition) is 0. The Morgan fingerprint density at radius 1 is 0.781 bits per heavy atom. The van der Waals surface area contributed by atoms with Crippen LogP contribution in [0.5, 0.6) is 5.75 Å². The van der Waals surface area contributed by atoms with Gasteiger partial charge in [-0.15, -0.1) is 0 Å². The van der Waals surface area contributed by atoms with E-state index in [1.54, 1.807) is 18.2 Å². The van der Waals surface area contributed by atoms with E-state index in [0.717, 1.165) is 16.8 Å². The molecule has 2 heterocycles. The number of aromatic nitrogens is 2.